The Morgan fingerprint density at radius 1 is 1.07 bits per heavy atom. The second-order valence-electron chi connectivity index (χ2n) is 6.78. The van der Waals surface area contributed by atoms with Crippen LogP contribution in [0.2, 0.25) is 0 Å². The Hall–Kier alpha value is -3.13. The van der Waals surface area contributed by atoms with Gasteiger partial charge in [0.2, 0.25) is 0 Å². The molecule has 0 fully saturated rings. The van der Waals surface area contributed by atoms with Crippen molar-refractivity contribution >= 4 is 5.69 Å². The molecule has 8 heteroatoms. The molecule has 1 aliphatic heterocycles. The molecule has 3 aromatic rings. The molecule has 0 amide bonds. The van der Waals surface area contributed by atoms with Crippen molar-refractivity contribution in [3.63, 3.8) is 0 Å². The van der Waals surface area contributed by atoms with Gasteiger partial charge in [-0.1, -0.05) is 0 Å². The van der Waals surface area contributed by atoms with Gasteiger partial charge in [0.05, 0.1) is 11.3 Å². The molecule has 28 heavy (non-hydrogen) atoms. The second-order valence-corrected chi connectivity index (χ2v) is 6.78. The van der Waals surface area contributed by atoms with Crippen LogP contribution in [0.5, 0.6) is 0 Å². The Kier molecular flexibility index (Phi) is 4.64. The number of anilines is 1. The van der Waals surface area contributed by atoms with Crippen molar-refractivity contribution in [2.24, 2.45) is 0 Å². The van der Waals surface area contributed by atoms with Gasteiger partial charge in [-0.05, 0) is 30.3 Å². The highest BCUT2D eigenvalue weighted by Crippen LogP contribution is 2.22. The summed E-state index contributed by atoms with van der Waals surface area (Å²) in [6, 6.07) is 8.41. The molecule has 2 heterocycles. The topological polar surface area (TPSA) is 75.0 Å². The summed E-state index contributed by atoms with van der Waals surface area (Å²) in [6.07, 6.45) is 0.493. The maximum atomic E-state index is 13.9. The molecule has 1 aromatic heterocycles. The van der Waals surface area contributed by atoms with E-state index in [9.17, 15) is 18.0 Å². The fourth-order valence-electron chi connectivity index (χ4n) is 3.32. The monoisotopic (exact) mass is 386 g/mol. The van der Waals surface area contributed by atoms with E-state index >= 15 is 0 Å². The van der Waals surface area contributed by atoms with E-state index in [1.807, 2.05) is 0 Å². The number of H-pyrrole nitrogens is 1. The number of hydrogen-bond acceptors (Lipinski definition) is 4. The Bertz CT molecular complexity index is 1100. The predicted molar refractivity (Wildman–Crippen MR) is 98.8 cm³/mol. The molecule has 0 saturated heterocycles. The third-order valence-electron chi connectivity index (χ3n) is 4.82. The molecule has 0 saturated carbocycles. The number of nitrogens with two attached hydrogens (primary N) is 1. The molecule has 144 valence electrons. The lowest BCUT2D eigenvalue weighted by atomic mass is 10.0. The van der Waals surface area contributed by atoms with Crippen molar-refractivity contribution in [2.75, 3.05) is 12.3 Å². The number of aromatic nitrogens is 2. The first-order valence-corrected chi connectivity index (χ1v) is 8.74. The number of nitrogens with one attached hydrogen (secondary N) is 1. The van der Waals surface area contributed by atoms with E-state index in [0.29, 0.717) is 41.8 Å². The van der Waals surface area contributed by atoms with Crippen molar-refractivity contribution in [2.45, 2.75) is 19.5 Å². The molecular formula is C20H17F3N4O. The van der Waals surface area contributed by atoms with Gasteiger partial charge in [0, 0.05) is 48.9 Å². The fraction of sp³-hybridized carbons (Fsp3) is 0.200. The van der Waals surface area contributed by atoms with Crippen LogP contribution in [0.1, 0.15) is 16.8 Å². The van der Waals surface area contributed by atoms with Crippen LogP contribution in [0.15, 0.2) is 41.2 Å². The number of halogens is 3. The highest BCUT2D eigenvalue weighted by atomic mass is 19.2. The summed E-state index contributed by atoms with van der Waals surface area (Å²) in [5.41, 5.74) is 8.00. The molecule has 1 aliphatic rings. The van der Waals surface area contributed by atoms with Crippen molar-refractivity contribution in [1.29, 1.82) is 0 Å². The maximum absolute atomic E-state index is 13.9. The summed E-state index contributed by atoms with van der Waals surface area (Å²) in [7, 11) is 0. The first kappa shape index (κ1) is 18.2. The number of hydrogen-bond donors (Lipinski definition) is 2. The molecule has 4 rings (SSSR count). The molecule has 2 aromatic carbocycles. The van der Waals surface area contributed by atoms with Gasteiger partial charge in [-0.3, -0.25) is 9.69 Å². The van der Waals surface area contributed by atoms with Gasteiger partial charge < -0.3 is 10.7 Å². The Balaban J connectivity index is 1.58. The van der Waals surface area contributed by atoms with E-state index < -0.39 is 17.5 Å². The minimum atomic E-state index is -1.22. The zero-order valence-corrected chi connectivity index (χ0v) is 14.8. The molecule has 0 spiro atoms. The number of rotatable bonds is 3. The number of fused-ring (bicyclic) bond motifs is 1. The van der Waals surface area contributed by atoms with E-state index in [-0.39, 0.29) is 24.2 Å². The first-order valence-electron chi connectivity index (χ1n) is 8.74. The zero-order valence-electron chi connectivity index (χ0n) is 14.8. The highest BCUT2D eigenvalue weighted by Gasteiger charge is 2.23. The third kappa shape index (κ3) is 3.50. The zero-order chi connectivity index (χ0) is 19.8. The van der Waals surface area contributed by atoms with Gasteiger partial charge in [0.15, 0.2) is 11.6 Å². The highest BCUT2D eigenvalue weighted by molar-refractivity contribution is 5.58. The lowest BCUT2D eigenvalue weighted by Crippen LogP contribution is -2.35. The largest absolute Gasteiger partial charge is 0.399 e. The smallest absolute Gasteiger partial charge is 0.255 e. The van der Waals surface area contributed by atoms with Crippen LogP contribution >= 0.6 is 0 Å². The SMILES string of the molecule is Nc1ccc(-c2nc3c(c(=O)[nH]2)CN(Cc2cc(F)c(F)cc2F)CC3)cc1. The van der Waals surface area contributed by atoms with Crippen LogP contribution in [-0.4, -0.2) is 21.4 Å². The third-order valence-corrected chi connectivity index (χ3v) is 4.82. The molecule has 5 nitrogen and oxygen atoms in total. The van der Waals surface area contributed by atoms with E-state index in [2.05, 4.69) is 9.97 Å². The van der Waals surface area contributed by atoms with Gasteiger partial charge >= 0.3 is 0 Å². The molecule has 0 atom stereocenters. The number of nitrogen functional groups attached to an aromatic ring is 1. The van der Waals surface area contributed by atoms with Crippen LogP contribution < -0.4 is 11.3 Å². The number of aromatic amines is 1. The van der Waals surface area contributed by atoms with Crippen LogP contribution in [0.4, 0.5) is 18.9 Å². The summed E-state index contributed by atoms with van der Waals surface area (Å²) >= 11 is 0. The van der Waals surface area contributed by atoms with Gasteiger partial charge in [-0.15, -0.1) is 0 Å². The van der Waals surface area contributed by atoms with Gasteiger partial charge in [-0.25, -0.2) is 18.2 Å². The normalized spacial score (nSPS) is 14.1. The van der Waals surface area contributed by atoms with Crippen molar-refractivity contribution in [3.8, 4) is 11.4 Å². The average Bonchev–Trinajstić information content (AvgIpc) is 2.67. The van der Waals surface area contributed by atoms with Gasteiger partial charge in [0.1, 0.15) is 11.6 Å². The molecule has 0 radical (unpaired) electrons. The molecular weight excluding hydrogens is 369 g/mol. The molecule has 0 aliphatic carbocycles. The Morgan fingerprint density at radius 3 is 2.54 bits per heavy atom. The fourth-order valence-corrected chi connectivity index (χ4v) is 3.32. The molecule has 0 bridgehead atoms. The lowest BCUT2D eigenvalue weighted by Gasteiger charge is -2.28. The van der Waals surface area contributed by atoms with E-state index in [1.165, 1.54) is 0 Å². The van der Waals surface area contributed by atoms with E-state index in [4.69, 9.17) is 5.73 Å². The lowest BCUT2D eigenvalue weighted by molar-refractivity contribution is 0.238. The summed E-state index contributed by atoms with van der Waals surface area (Å²) < 4.78 is 40.4. The van der Waals surface area contributed by atoms with Crippen molar-refractivity contribution in [3.05, 3.63) is 81.0 Å². The average molecular weight is 386 g/mol. The minimum Gasteiger partial charge on any atom is -0.399 e. The quantitative estimate of drug-likeness (QED) is 0.536. The van der Waals surface area contributed by atoms with Crippen molar-refractivity contribution in [1.82, 2.24) is 14.9 Å². The summed E-state index contributed by atoms with van der Waals surface area (Å²) in [6.45, 7) is 0.836. The van der Waals surface area contributed by atoms with Crippen LogP contribution in [0, 0.1) is 17.5 Å². The Morgan fingerprint density at radius 2 is 1.79 bits per heavy atom. The van der Waals surface area contributed by atoms with Crippen LogP contribution in [0.25, 0.3) is 11.4 Å². The number of nitrogens with zero attached hydrogens (tertiary/aromatic N) is 2. The van der Waals surface area contributed by atoms with E-state index in [1.54, 1.807) is 29.2 Å². The van der Waals surface area contributed by atoms with Gasteiger partial charge in [-0.2, -0.15) is 0 Å². The number of benzene rings is 2. The summed E-state index contributed by atoms with van der Waals surface area (Å²) in [5.74, 6) is -2.66. The molecule has 0 unspecified atom stereocenters. The van der Waals surface area contributed by atoms with Crippen LogP contribution in [-0.2, 0) is 19.5 Å². The second kappa shape index (κ2) is 7.12. The molecule has 3 N–H and O–H groups in total. The first-order chi connectivity index (χ1) is 13.4. The van der Waals surface area contributed by atoms with Crippen LogP contribution in [0.3, 0.4) is 0 Å². The van der Waals surface area contributed by atoms with Gasteiger partial charge in [0.25, 0.3) is 5.56 Å². The van der Waals surface area contributed by atoms with Crippen molar-refractivity contribution < 1.29 is 13.2 Å². The standard InChI is InChI=1S/C20H17F3N4O/c21-15-8-17(23)16(22)7-12(15)9-27-6-5-18-14(10-27)20(28)26-19(25-18)11-1-3-13(24)4-2-11/h1-4,7-8H,5-6,9-10,24H2,(H,25,26,28). The minimum absolute atomic E-state index is 0.0465. The maximum Gasteiger partial charge on any atom is 0.255 e. The predicted octanol–water partition coefficient (Wildman–Crippen LogP) is 2.99. The Labute approximate surface area is 158 Å². The summed E-state index contributed by atoms with van der Waals surface area (Å²) in [5, 5.41) is 0. The van der Waals surface area contributed by atoms with E-state index in [0.717, 1.165) is 11.6 Å². The summed E-state index contributed by atoms with van der Waals surface area (Å²) in [4.78, 5) is 21.7.